The van der Waals surface area contributed by atoms with Gasteiger partial charge in [0.1, 0.15) is 12.4 Å². The van der Waals surface area contributed by atoms with E-state index in [1.54, 1.807) is 10.6 Å². The lowest BCUT2D eigenvalue weighted by atomic mass is 10.2. The summed E-state index contributed by atoms with van der Waals surface area (Å²) in [6.07, 6.45) is 1.88. The largest absolute Gasteiger partial charge is 0.388 e. The molecule has 17 heavy (non-hydrogen) atoms. The van der Waals surface area contributed by atoms with Crippen molar-refractivity contribution in [3.05, 3.63) is 41.5 Å². The summed E-state index contributed by atoms with van der Waals surface area (Å²) in [6, 6.07) is 6.35. The Morgan fingerprint density at radius 1 is 1.41 bits per heavy atom. The number of thioether (sulfide) groups is 1. The van der Waals surface area contributed by atoms with Gasteiger partial charge in [0, 0.05) is 0 Å². The topological polar surface area (TPSA) is 50.9 Å². The Bertz CT molecular complexity index is 494. The number of hydrogen-bond donors (Lipinski definition) is 1. The van der Waals surface area contributed by atoms with E-state index >= 15 is 0 Å². The first kappa shape index (κ1) is 12.1. The number of benzene rings is 1. The van der Waals surface area contributed by atoms with Crippen LogP contribution >= 0.6 is 11.8 Å². The number of hydrogen-bond acceptors (Lipinski definition) is 4. The first-order valence-corrected chi connectivity index (χ1v) is 6.28. The molecule has 1 aromatic carbocycles. The molecular formula is C11H12FN3OS. The van der Waals surface area contributed by atoms with Gasteiger partial charge < -0.3 is 5.11 Å². The van der Waals surface area contributed by atoms with Crippen molar-refractivity contribution in [1.82, 2.24) is 14.8 Å². The first-order chi connectivity index (χ1) is 8.24. The van der Waals surface area contributed by atoms with Crippen molar-refractivity contribution < 1.29 is 9.50 Å². The van der Waals surface area contributed by atoms with Gasteiger partial charge in [-0.2, -0.15) is 0 Å². The monoisotopic (exact) mass is 253 g/mol. The molecule has 0 aliphatic rings. The average molecular weight is 253 g/mol. The molecule has 2 rings (SSSR count). The fourth-order valence-electron chi connectivity index (χ4n) is 1.56. The highest BCUT2D eigenvalue weighted by atomic mass is 32.2. The quantitative estimate of drug-likeness (QED) is 0.842. The molecule has 0 bridgehead atoms. The van der Waals surface area contributed by atoms with Crippen molar-refractivity contribution in [2.24, 2.45) is 0 Å². The van der Waals surface area contributed by atoms with Crippen molar-refractivity contribution in [3.8, 4) is 0 Å². The predicted molar refractivity (Wildman–Crippen MR) is 63.2 cm³/mol. The van der Waals surface area contributed by atoms with Gasteiger partial charge in [-0.25, -0.2) is 4.39 Å². The Morgan fingerprint density at radius 2 is 2.24 bits per heavy atom. The van der Waals surface area contributed by atoms with E-state index in [4.69, 9.17) is 5.11 Å². The van der Waals surface area contributed by atoms with Crippen LogP contribution in [0.1, 0.15) is 11.4 Å². The van der Waals surface area contributed by atoms with Crippen LogP contribution in [-0.4, -0.2) is 26.1 Å². The zero-order valence-electron chi connectivity index (χ0n) is 9.30. The van der Waals surface area contributed by atoms with Gasteiger partial charge in [0.2, 0.25) is 0 Å². The maximum atomic E-state index is 13.1. The number of rotatable bonds is 4. The normalized spacial score (nSPS) is 10.8. The lowest BCUT2D eigenvalue weighted by molar-refractivity contribution is 0.264. The average Bonchev–Trinajstić information content (AvgIpc) is 2.71. The van der Waals surface area contributed by atoms with Crippen LogP contribution in [0.5, 0.6) is 0 Å². The molecule has 0 radical (unpaired) electrons. The third kappa shape index (κ3) is 2.65. The molecule has 1 aromatic heterocycles. The number of nitrogens with zero attached hydrogens (tertiary/aromatic N) is 3. The molecule has 0 saturated heterocycles. The summed E-state index contributed by atoms with van der Waals surface area (Å²) in [5, 5.41) is 17.7. The summed E-state index contributed by atoms with van der Waals surface area (Å²) in [5.74, 6) is 0.213. The first-order valence-electron chi connectivity index (χ1n) is 5.06. The molecule has 0 unspecified atom stereocenters. The highest BCUT2D eigenvalue weighted by Crippen LogP contribution is 2.16. The van der Waals surface area contributed by atoms with Gasteiger partial charge >= 0.3 is 0 Å². The summed E-state index contributed by atoms with van der Waals surface area (Å²) in [6.45, 7) is 0.277. The lowest BCUT2D eigenvalue weighted by Gasteiger charge is -2.08. The predicted octanol–water partition coefficient (Wildman–Crippen LogP) is 1.68. The highest BCUT2D eigenvalue weighted by Gasteiger charge is 2.10. The maximum absolute atomic E-state index is 13.1. The van der Waals surface area contributed by atoms with Gasteiger partial charge in [-0.3, -0.25) is 4.57 Å². The fourth-order valence-corrected chi connectivity index (χ4v) is 2.08. The zero-order valence-corrected chi connectivity index (χ0v) is 10.1. The molecule has 0 saturated carbocycles. The van der Waals surface area contributed by atoms with Gasteiger partial charge in [0.05, 0.1) is 6.54 Å². The molecule has 90 valence electrons. The SMILES string of the molecule is CSc1nnc(CO)n1Cc1cccc(F)c1. The van der Waals surface area contributed by atoms with Crippen LogP contribution in [-0.2, 0) is 13.2 Å². The van der Waals surface area contributed by atoms with E-state index in [-0.39, 0.29) is 12.4 Å². The van der Waals surface area contributed by atoms with E-state index in [1.807, 2.05) is 12.3 Å². The molecule has 0 amide bonds. The molecule has 0 fully saturated rings. The Balaban J connectivity index is 2.31. The summed E-state index contributed by atoms with van der Waals surface area (Å²) < 4.78 is 14.8. The molecule has 4 nitrogen and oxygen atoms in total. The molecule has 2 aromatic rings. The van der Waals surface area contributed by atoms with Gasteiger partial charge in [0.15, 0.2) is 11.0 Å². The molecule has 0 atom stereocenters. The van der Waals surface area contributed by atoms with E-state index in [0.29, 0.717) is 17.5 Å². The van der Waals surface area contributed by atoms with Crippen LogP contribution in [0, 0.1) is 5.82 Å². The molecule has 6 heteroatoms. The smallest absolute Gasteiger partial charge is 0.191 e. The fraction of sp³-hybridized carbons (Fsp3) is 0.273. The standard InChI is InChI=1S/C11H12FN3OS/c1-17-11-14-13-10(7-16)15(11)6-8-3-2-4-9(12)5-8/h2-5,16H,6-7H2,1H3. The molecule has 0 spiro atoms. The molecule has 1 heterocycles. The number of aliphatic hydroxyl groups excluding tert-OH is 1. The Morgan fingerprint density at radius 3 is 2.88 bits per heavy atom. The van der Waals surface area contributed by atoms with Crippen LogP contribution in [0.3, 0.4) is 0 Å². The molecule has 1 N–H and O–H groups in total. The summed E-state index contributed by atoms with van der Waals surface area (Å²) >= 11 is 1.44. The second-order valence-corrected chi connectivity index (χ2v) is 4.25. The minimum absolute atomic E-state index is 0.178. The second-order valence-electron chi connectivity index (χ2n) is 3.48. The lowest BCUT2D eigenvalue weighted by Crippen LogP contribution is -2.06. The van der Waals surface area contributed by atoms with E-state index < -0.39 is 0 Å². The van der Waals surface area contributed by atoms with Crippen LogP contribution in [0.25, 0.3) is 0 Å². The van der Waals surface area contributed by atoms with Crippen molar-refractivity contribution in [2.45, 2.75) is 18.3 Å². The van der Waals surface area contributed by atoms with Gasteiger partial charge in [0.25, 0.3) is 0 Å². The highest BCUT2D eigenvalue weighted by molar-refractivity contribution is 7.98. The van der Waals surface area contributed by atoms with E-state index in [2.05, 4.69) is 10.2 Å². The summed E-state index contributed by atoms with van der Waals surface area (Å²) in [5.41, 5.74) is 0.815. The van der Waals surface area contributed by atoms with Crippen molar-refractivity contribution in [2.75, 3.05) is 6.26 Å². The Hall–Kier alpha value is -1.40. The van der Waals surface area contributed by atoms with Gasteiger partial charge in [-0.15, -0.1) is 10.2 Å². The van der Waals surface area contributed by atoms with Crippen molar-refractivity contribution in [1.29, 1.82) is 0 Å². The Labute approximate surface area is 102 Å². The second kappa shape index (κ2) is 5.29. The number of halogens is 1. The summed E-state index contributed by atoms with van der Waals surface area (Å²) in [4.78, 5) is 0. The van der Waals surface area contributed by atoms with Crippen LogP contribution in [0.15, 0.2) is 29.4 Å². The van der Waals surface area contributed by atoms with E-state index in [0.717, 1.165) is 5.56 Å². The molecule has 0 aliphatic heterocycles. The summed E-state index contributed by atoms with van der Waals surface area (Å²) in [7, 11) is 0. The number of aromatic nitrogens is 3. The number of aliphatic hydroxyl groups is 1. The maximum Gasteiger partial charge on any atom is 0.191 e. The van der Waals surface area contributed by atoms with E-state index in [1.165, 1.54) is 23.9 Å². The third-order valence-corrected chi connectivity index (χ3v) is 3.01. The molecular weight excluding hydrogens is 241 g/mol. The van der Waals surface area contributed by atoms with Gasteiger partial charge in [-0.05, 0) is 24.0 Å². The minimum atomic E-state index is -0.271. The van der Waals surface area contributed by atoms with Crippen LogP contribution in [0.2, 0.25) is 0 Å². The van der Waals surface area contributed by atoms with Crippen LogP contribution < -0.4 is 0 Å². The third-order valence-electron chi connectivity index (χ3n) is 2.35. The van der Waals surface area contributed by atoms with Crippen molar-refractivity contribution >= 4 is 11.8 Å². The van der Waals surface area contributed by atoms with Crippen LogP contribution in [0.4, 0.5) is 4.39 Å². The van der Waals surface area contributed by atoms with Crippen molar-refractivity contribution in [3.63, 3.8) is 0 Å². The zero-order chi connectivity index (χ0) is 12.3. The van der Waals surface area contributed by atoms with E-state index in [9.17, 15) is 4.39 Å². The Kier molecular flexibility index (Phi) is 3.75. The molecule has 0 aliphatic carbocycles. The van der Waals surface area contributed by atoms with Gasteiger partial charge in [-0.1, -0.05) is 23.9 Å². The minimum Gasteiger partial charge on any atom is -0.388 e.